The Morgan fingerprint density at radius 1 is 1.27 bits per heavy atom. The third kappa shape index (κ3) is 4.23. The summed E-state index contributed by atoms with van der Waals surface area (Å²) in [5.74, 6) is 0.00405. The number of nitrogens with one attached hydrogen (secondary N) is 2. The number of hydrogen-bond donors (Lipinski definition) is 2. The molecule has 1 heterocycles. The highest BCUT2D eigenvalue weighted by Gasteiger charge is 2.35. The minimum Gasteiger partial charge on any atom is -0.444 e. The molecule has 1 saturated heterocycles. The molecular weight excluding hydrogens is 280 g/mol. The first-order chi connectivity index (χ1) is 10.3. The lowest BCUT2D eigenvalue weighted by atomic mass is 9.83. The number of piperidine rings is 1. The monoisotopic (exact) mass is 304 g/mol. The van der Waals surface area contributed by atoms with Crippen LogP contribution >= 0.6 is 0 Å². The van der Waals surface area contributed by atoms with Crippen LogP contribution < -0.4 is 10.6 Å². The summed E-state index contributed by atoms with van der Waals surface area (Å²) in [6, 6.07) is 9.48. The number of carbonyl (C=O) groups is 2. The third-order valence-corrected chi connectivity index (χ3v) is 3.70. The van der Waals surface area contributed by atoms with Crippen LogP contribution in [-0.4, -0.2) is 29.7 Å². The molecule has 120 valence electrons. The molecule has 2 N–H and O–H groups in total. The minimum atomic E-state index is -0.582. The molecule has 0 unspecified atom stereocenters. The molecule has 1 fully saturated rings. The van der Waals surface area contributed by atoms with Crippen molar-refractivity contribution in [3.8, 4) is 0 Å². The number of alkyl carbamates (subject to hydrolysis) is 1. The number of rotatable bonds is 2. The van der Waals surface area contributed by atoms with E-state index in [2.05, 4.69) is 10.6 Å². The number of carbonyl (C=O) groups excluding carboxylic acids is 2. The quantitative estimate of drug-likeness (QED) is 0.882. The first-order valence-electron chi connectivity index (χ1n) is 7.61. The van der Waals surface area contributed by atoms with E-state index in [4.69, 9.17) is 4.74 Å². The van der Waals surface area contributed by atoms with E-state index in [0.717, 1.165) is 5.56 Å². The first-order valence-corrected chi connectivity index (χ1v) is 7.61. The molecule has 2 amide bonds. The second kappa shape index (κ2) is 6.38. The van der Waals surface area contributed by atoms with Gasteiger partial charge in [-0.05, 0) is 39.7 Å². The number of amides is 2. The molecule has 5 heteroatoms. The van der Waals surface area contributed by atoms with Gasteiger partial charge in [0.05, 0.1) is 0 Å². The Kier molecular flexibility index (Phi) is 4.74. The van der Waals surface area contributed by atoms with Crippen LogP contribution in [0.2, 0.25) is 0 Å². The molecule has 1 aromatic rings. The van der Waals surface area contributed by atoms with E-state index in [-0.39, 0.29) is 17.9 Å². The van der Waals surface area contributed by atoms with E-state index in [9.17, 15) is 9.59 Å². The zero-order chi connectivity index (χ0) is 16.3. The van der Waals surface area contributed by atoms with Gasteiger partial charge < -0.3 is 15.4 Å². The van der Waals surface area contributed by atoms with Crippen molar-refractivity contribution in [2.45, 2.75) is 57.7 Å². The Bertz CT molecular complexity index is 537. The maximum absolute atomic E-state index is 12.1. The highest BCUT2D eigenvalue weighted by molar-refractivity contribution is 5.86. The molecule has 0 saturated carbocycles. The molecule has 0 spiro atoms. The smallest absolute Gasteiger partial charge is 0.408 e. The van der Waals surface area contributed by atoms with Gasteiger partial charge >= 0.3 is 6.09 Å². The lowest BCUT2D eigenvalue weighted by molar-refractivity contribution is -0.126. The zero-order valence-corrected chi connectivity index (χ0v) is 13.6. The molecule has 1 aromatic carbocycles. The minimum absolute atomic E-state index is 0.0339. The topological polar surface area (TPSA) is 67.4 Å². The summed E-state index contributed by atoms with van der Waals surface area (Å²) >= 11 is 0. The van der Waals surface area contributed by atoms with E-state index < -0.39 is 17.7 Å². The standard InChI is InChI=1S/C17H24N2O3/c1-11-13(12-8-6-5-7-9-12)10-14(15(20)18-11)19-16(21)22-17(2,3)4/h5-9,11,13-14H,10H2,1-4H3,(H,18,20)(H,19,21)/t11-,13+,14+/m0/s1. The van der Waals surface area contributed by atoms with Crippen LogP contribution in [0.15, 0.2) is 30.3 Å². The van der Waals surface area contributed by atoms with Gasteiger partial charge in [0.1, 0.15) is 11.6 Å². The van der Waals surface area contributed by atoms with E-state index in [1.807, 2.05) is 37.3 Å². The maximum atomic E-state index is 12.1. The molecule has 5 nitrogen and oxygen atoms in total. The lowest BCUT2D eigenvalue weighted by Crippen LogP contribution is -2.56. The van der Waals surface area contributed by atoms with Crippen molar-refractivity contribution >= 4 is 12.0 Å². The van der Waals surface area contributed by atoms with Crippen LogP contribution in [0.5, 0.6) is 0 Å². The largest absolute Gasteiger partial charge is 0.444 e. The van der Waals surface area contributed by atoms with Gasteiger partial charge in [-0.1, -0.05) is 30.3 Å². The van der Waals surface area contributed by atoms with Crippen molar-refractivity contribution in [3.63, 3.8) is 0 Å². The van der Waals surface area contributed by atoms with Crippen molar-refractivity contribution in [2.24, 2.45) is 0 Å². The van der Waals surface area contributed by atoms with E-state index in [0.29, 0.717) is 6.42 Å². The molecule has 1 aliphatic heterocycles. The maximum Gasteiger partial charge on any atom is 0.408 e. The summed E-state index contributed by atoms with van der Waals surface area (Å²) in [6.07, 6.45) is 0.00463. The fraction of sp³-hybridized carbons (Fsp3) is 0.529. The van der Waals surface area contributed by atoms with E-state index in [1.165, 1.54) is 0 Å². The predicted octanol–water partition coefficient (Wildman–Crippen LogP) is 2.57. The molecule has 2 rings (SSSR count). The van der Waals surface area contributed by atoms with Gasteiger partial charge in [-0.25, -0.2) is 4.79 Å². The SMILES string of the molecule is C[C@@H]1NC(=O)[C@H](NC(=O)OC(C)(C)C)C[C@H]1c1ccccc1. The van der Waals surface area contributed by atoms with Gasteiger partial charge in [0.15, 0.2) is 0 Å². The molecular formula is C17H24N2O3. The summed E-state index contributed by atoms with van der Waals surface area (Å²) < 4.78 is 5.23. The van der Waals surface area contributed by atoms with Crippen molar-refractivity contribution < 1.29 is 14.3 Å². The Hall–Kier alpha value is -2.04. The van der Waals surface area contributed by atoms with Gasteiger partial charge in [0, 0.05) is 12.0 Å². The number of hydrogen-bond acceptors (Lipinski definition) is 3. The number of benzene rings is 1. The number of ether oxygens (including phenoxy) is 1. The Morgan fingerprint density at radius 2 is 1.91 bits per heavy atom. The van der Waals surface area contributed by atoms with Crippen molar-refractivity contribution in [3.05, 3.63) is 35.9 Å². The van der Waals surface area contributed by atoms with Crippen LogP contribution in [0.4, 0.5) is 4.79 Å². The lowest BCUT2D eigenvalue weighted by Gasteiger charge is -2.35. The van der Waals surface area contributed by atoms with Crippen molar-refractivity contribution in [1.29, 1.82) is 0 Å². The fourth-order valence-electron chi connectivity index (χ4n) is 2.69. The summed E-state index contributed by atoms with van der Waals surface area (Å²) in [4.78, 5) is 24.0. The highest BCUT2D eigenvalue weighted by atomic mass is 16.6. The van der Waals surface area contributed by atoms with Crippen molar-refractivity contribution in [2.75, 3.05) is 0 Å². The van der Waals surface area contributed by atoms with Crippen LogP contribution in [-0.2, 0) is 9.53 Å². The third-order valence-electron chi connectivity index (χ3n) is 3.70. The Morgan fingerprint density at radius 3 is 2.50 bits per heavy atom. The first kappa shape index (κ1) is 16.3. The van der Waals surface area contributed by atoms with Gasteiger partial charge in [-0.15, -0.1) is 0 Å². The van der Waals surface area contributed by atoms with Crippen molar-refractivity contribution in [1.82, 2.24) is 10.6 Å². The van der Waals surface area contributed by atoms with Crippen LogP contribution in [0.1, 0.15) is 45.6 Å². The molecule has 0 radical (unpaired) electrons. The predicted molar refractivity (Wildman–Crippen MR) is 84.6 cm³/mol. The molecule has 1 aliphatic rings. The zero-order valence-electron chi connectivity index (χ0n) is 13.6. The van der Waals surface area contributed by atoms with Crippen LogP contribution in [0, 0.1) is 0 Å². The molecule has 22 heavy (non-hydrogen) atoms. The van der Waals surface area contributed by atoms with Gasteiger partial charge in [0.25, 0.3) is 0 Å². The Balaban J connectivity index is 2.06. The molecule has 3 atom stereocenters. The summed E-state index contributed by atoms with van der Waals surface area (Å²) in [7, 11) is 0. The second-order valence-corrected chi connectivity index (χ2v) is 6.75. The average Bonchev–Trinajstić information content (AvgIpc) is 2.41. The fourth-order valence-corrected chi connectivity index (χ4v) is 2.69. The second-order valence-electron chi connectivity index (χ2n) is 6.75. The average molecular weight is 304 g/mol. The summed E-state index contributed by atoms with van der Waals surface area (Å²) in [5, 5.41) is 5.61. The van der Waals surface area contributed by atoms with E-state index >= 15 is 0 Å². The van der Waals surface area contributed by atoms with E-state index in [1.54, 1.807) is 20.8 Å². The van der Waals surface area contributed by atoms with Gasteiger partial charge in [-0.3, -0.25) is 4.79 Å². The van der Waals surface area contributed by atoms with Crippen LogP contribution in [0.25, 0.3) is 0 Å². The van der Waals surface area contributed by atoms with Crippen LogP contribution in [0.3, 0.4) is 0 Å². The molecule has 0 bridgehead atoms. The normalized spacial score (nSPS) is 25.3. The Labute approximate surface area is 131 Å². The molecule has 0 aromatic heterocycles. The molecule has 0 aliphatic carbocycles. The summed E-state index contributed by atoms with van der Waals surface area (Å²) in [5.41, 5.74) is 0.576. The summed E-state index contributed by atoms with van der Waals surface area (Å²) in [6.45, 7) is 7.37. The van der Waals surface area contributed by atoms with Gasteiger partial charge in [-0.2, -0.15) is 0 Å². The van der Waals surface area contributed by atoms with Gasteiger partial charge in [0.2, 0.25) is 5.91 Å². The highest BCUT2D eigenvalue weighted by Crippen LogP contribution is 2.28.